The molecule has 2 amide bonds. The molecule has 0 fully saturated rings. The molecule has 0 spiro atoms. The Morgan fingerprint density at radius 1 is 1.17 bits per heavy atom. The molecule has 0 aliphatic carbocycles. The lowest BCUT2D eigenvalue weighted by Crippen LogP contribution is -2.35. The van der Waals surface area contributed by atoms with Crippen LogP contribution in [-0.2, 0) is 21.2 Å². The van der Waals surface area contributed by atoms with Gasteiger partial charge in [-0.3, -0.25) is 14.3 Å². The minimum Gasteiger partial charge on any atom is -0.493 e. The van der Waals surface area contributed by atoms with Crippen molar-refractivity contribution in [2.24, 2.45) is 5.92 Å². The summed E-state index contributed by atoms with van der Waals surface area (Å²) in [6.45, 7) is 2.21. The van der Waals surface area contributed by atoms with Gasteiger partial charge in [-0.25, -0.2) is 8.42 Å². The zero-order valence-electron chi connectivity index (χ0n) is 16.2. The van der Waals surface area contributed by atoms with Gasteiger partial charge in [0.1, 0.15) is 5.75 Å². The van der Waals surface area contributed by atoms with Crippen LogP contribution in [0.25, 0.3) is 0 Å². The molecular weight excluding hydrogens is 394 g/mol. The fourth-order valence-electron chi connectivity index (χ4n) is 3.16. The fourth-order valence-corrected chi connectivity index (χ4v) is 3.73. The molecule has 1 atom stereocenters. The van der Waals surface area contributed by atoms with Crippen LogP contribution in [0.15, 0.2) is 42.5 Å². The highest BCUT2D eigenvalue weighted by atomic mass is 32.2. The van der Waals surface area contributed by atoms with E-state index in [4.69, 9.17) is 4.74 Å². The van der Waals surface area contributed by atoms with Crippen LogP contribution in [0.2, 0.25) is 0 Å². The summed E-state index contributed by atoms with van der Waals surface area (Å²) in [6, 6.07) is 12.2. The van der Waals surface area contributed by atoms with E-state index in [2.05, 4.69) is 15.4 Å². The average molecular weight is 417 g/mol. The summed E-state index contributed by atoms with van der Waals surface area (Å²) in [4.78, 5) is 24.1. The molecule has 9 heteroatoms. The molecule has 3 rings (SSSR count). The lowest BCUT2D eigenvalue weighted by atomic mass is 9.96. The van der Waals surface area contributed by atoms with Crippen molar-refractivity contribution in [1.82, 2.24) is 5.32 Å². The number of carbonyl (C=O) groups excluding carboxylic acids is 2. The van der Waals surface area contributed by atoms with E-state index in [1.54, 1.807) is 0 Å². The zero-order valence-corrected chi connectivity index (χ0v) is 17.0. The van der Waals surface area contributed by atoms with Crippen molar-refractivity contribution in [3.63, 3.8) is 0 Å². The Morgan fingerprint density at radius 3 is 2.66 bits per heavy atom. The van der Waals surface area contributed by atoms with Crippen molar-refractivity contribution in [2.75, 3.05) is 29.4 Å². The van der Waals surface area contributed by atoms with E-state index >= 15 is 0 Å². The third-order valence-corrected chi connectivity index (χ3v) is 4.98. The van der Waals surface area contributed by atoms with Crippen LogP contribution in [-0.4, -0.2) is 39.6 Å². The van der Waals surface area contributed by atoms with E-state index in [-0.39, 0.29) is 23.1 Å². The number of fused-ring (bicyclic) bond motifs is 1. The van der Waals surface area contributed by atoms with E-state index in [1.807, 2.05) is 24.3 Å². The van der Waals surface area contributed by atoms with Crippen LogP contribution < -0.4 is 20.1 Å². The van der Waals surface area contributed by atoms with Crippen molar-refractivity contribution in [1.29, 1.82) is 0 Å². The van der Waals surface area contributed by atoms with Crippen molar-refractivity contribution < 1.29 is 22.7 Å². The van der Waals surface area contributed by atoms with Crippen molar-refractivity contribution >= 4 is 33.2 Å². The first kappa shape index (κ1) is 20.7. The van der Waals surface area contributed by atoms with E-state index in [0.717, 1.165) is 24.0 Å². The fraction of sp³-hybridized carbons (Fsp3) is 0.300. The number of anilines is 2. The van der Waals surface area contributed by atoms with Crippen LogP contribution in [0.5, 0.6) is 5.75 Å². The number of para-hydroxylation sites is 1. The monoisotopic (exact) mass is 417 g/mol. The van der Waals surface area contributed by atoms with E-state index < -0.39 is 15.9 Å². The summed E-state index contributed by atoms with van der Waals surface area (Å²) in [5.74, 6) is 0.219. The standard InChI is InChI=1S/C20H23N3O5S/c1-13(24)22-16-7-8-18(23-29(2,26)27)17(10-16)20(25)21-11-14-9-15-5-3-4-6-19(15)28-12-14/h3-8,10,14,23H,9,11-12H2,1-2H3,(H,21,25)(H,22,24). The van der Waals surface area contributed by atoms with Gasteiger partial charge in [-0.1, -0.05) is 18.2 Å². The third-order valence-electron chi connectivity index (χ3n) is 4.39. The first-order valence-electron chi connectivity index (χ1n) is 9.09. The normalized spacial score (nSPS) is 15.6. The van der Waals surface area contributed by atoms with Gasteiger partial charge in [0.25, 0.3) is 5.91 Å². The predicted molar refractivity (Wildman–Crippen MR) is 111 cm³/mol. The van der Waals surface area contributed by atoms with Crippen molar-refractivity contribution in [3.8, 4) is 5.75 Å². The summed E-state index contributed by atoms with van der Waals surface area (Å²) >= 11 is 0. The lowest BCUT2D eigenvalue weighted by molar-refractivity contribution is -0.114. The van der Waals surface area contributed by atoms with Gasteiger partial charge < -0.3 is 15.4 Å². The number of ether oxygens (including phenoxy) is 1. The second-order valence-corrected chi connectivity index (χ2v) is 8.76. The van der Waals surface area contributed by atoms with E-state index in [1.165, 1.54) is 25.1 Å². The Morgan fingerprint density at radius 2 is 1.93 bits per heavy atom. The van der Waals surface area contributed by atoms with Gasteiger partial charge in [-0.15, -0.1) is 0 Å². The Bertz CT molecular complexity index is 1040. The Labute approximate surface area is 169 Å². The number of hydrogen-bond donors (Lipinski definition) is 3. The molecule has 2 aromatic carbocycles. The molecule has 0 aromatic heterocycles. The molecule has 0 radical (unpaired) electrons. The minimum absolute atomic E-state index is 0.0960. The Balaban J connectivity index is 1.73. The molecule has 29 heavy (non-hydrogen) atoms. The SMILES string of the molecule is CC(=O)Nc1ccc(NS(C)(=O)=O)c(C(=O)NCC2COc3ccccc3C2)c1. The first-order chi connectivity index (χ1) is 13.7. The van der Waals surface area contributed by atoms with Crippen LogP contribution in [0, 0.1) is 5.92 Å². The first-order valence-corrected chi connectivity index (χ1v) is 11.0. The van der Waals surface area contributed by atoms with Gasteiger partial charge in [-0.05, 0) is 36.2 Å². The molecule has 1 aliphatic heterocycles. The number of amides is 2. The summed E-state index contributed by atoms with van der Waals surface area (Å²) in [5.41, 5.74) is 1.75. The Hall–Kier alpha value is -3.07. The molecule has 154 valence electrons. The molecule has 3 N–H and O–H groups in total. The van der Waals surface area contributed by atoms with E-state index in [0.29, 0.717) is 18.8 Å². The highest BCUT2D eigenvalue weighted by Gasteiger charge is 2.21. The predicted octanol–water partition coefficient (Wildman–Crippen LogP) is 2.00. The largest absolute Gasteiger partial charge is 0.493 e. The minimum atomic E-state index is -3.58. The van der Waals surface area contributed by atoms with Gasteiger partial charge in [0, 0.05) is 25.1 Å². The number of hydrogen-bond acceptors (Lipinski definition) is 5. The maximum Gasteiger partial charge on any atom is 0.253 e. The number of carbonyl (C=O) groups is 2. The summed E-state index contributed by atoms with van der Waals surface area (Å²) < 4.78 is 31.3. The molecule has 1 unspecified atom stereocenters. The van der Waals surface area contributed by atoms with Gasteiger partial charge in [0.2, 0.25) is 15.9 Å². The van der Waals surface area contributed by atoms with Crippen LogP contribution >= 0.6 is 0 Å². The van der Waals surface area contributed by atoms with Gasteiger partial charge in [0.15, 0.2) is 0 Å². The summed E-state index contributed by atoms with van der Waals surface area (Å²) in [7, 11) is -3.58. The number of nitrogens with one attached hydrogen (secondary N) is 3. The molecule has 2 aromatic rings. The number of sulfonamides is 1. The molecule has 0 saturated carbocycles. The smallest absolute Gasteiger partial charge is 0.253 e. The second kappa shape index (κ2) is 8.52. The van der Waals surface area contributed by atoms with Crippen LogP contribution in [0.1, 0.15) is 22.8 Å². The van der Waals surface area contributed by atoms with E-state index in [9.17, 15) is 18.0 Å². The summed E-state index contributed by atoms with van der Waals surface area (Å²) in [5, 5.41) is 5.43. The highest BCUT2D eigenvalue weighted by Crippen LogP contribution is 2.27. The van der Waals surface area contributed by atoms with Crippen LogP contribution in [0.4, 0.5) is 11.4 Å². The second-order valence-electron chi connectivity index (χ2n) is 7.01. The molecule has 1 aliphatic rings. The quantitative estimate of drug-likeness (QED) is 0.665. The van der Waals surface area contributed by atoms with Crippen molar-refractivity contribution in [3.05, 3.63) is 53.6 Å². The highest BCUT2D eigenvalue weighted by molar-refractivity contribution is 7.92. The molecule has 0 bridgehead atoms. The average Bonchev–Trinajstić information content (AvgIpc) is 2.65. The molecule has 8 nitrogen and oxygen atoms in total. The summed E-state index contributed by atoms with van der Waals surface area (Å²) in [6.07, 6.45) is 1.78. The van der Waals surface area contributed by atoms with Crippen molar-refractivity contribution in [2.45, 2.75) is 13.3 Å². The van der Waals surface area contributed by atoms with Gasteiger partial charge in [0.05, 0.1) is 24.1 Å². The lowest BCUT2D eigenvalue weighted by Gasteiger charge is -2.25. The van der Waals surface area contributed by atoms with Gasteiger partial charge in [-0.2, -0.15) is 0 Å². The molecule has 0 saturated heterocycles. The number of benzene rings is 2. The zero-order chi connectivity index (χ0) is 21.0. The van der Waals surface area contributed by atoms with Crippen LogP contribution in [0.3, 0.4) is 0 Å². The molecule has 1 heterocycles. The maximum atomic E-state index is 12.8. The number of rotatable bonds is 6. The Kier molecular flexibility index (Phi) is 6.07. The third kappa shape index (κ3) is 5.71. The van der Waals surface area contributed by atoms with Gasteiger partial charge >= 0.3 is 0 Å². The topological polar surface area (TPSA) is 114 Å². The maximum absolute atomic E-state index is 12.8. The molecular formula is C20H23N3O5S.